The molecule has 1 fully saturated rings. The molecule has 8 nitrogen and oxygen atoms in total. The van der Waals surface area contributed by atoms with Crippen LogP contribution in [-0.2, 0) is 9.59 Å². The molecule has 1 saturated heterocycles. The van der Waals surface area contributed by atoms with Crippen LogP contribution in [0.4, 0.5) is 9.52 Å². The highest BCUT2D eigenvalue weighted by molar-refractivity contribution is 7.22. The molecule has 6 rings (SSSR count). The van der Waals surface area contributed by atoms with E-state index in [1.807, 2.05) is 0 Å². The van der Waals surface area contributed by atoms with Gasteiger partial charge in [-0.15, -0.1) is 0 Å². The van der Waals surface area contributed by atoms with Crippen LogP contribution >= 0.6 is 11.3 Å². The lowest BCUT2D eigenvalue weighted by molar-refractivity contribution is -0.132. The van der Waals surface area contributed by atoms with Crippen molar-refractivity contribution >= 4 is 44.1 Å². The zero-order valence-electron chi connectivity index (χ0n) is 21.6. The van der Waals surface area contributed by atoms with Crippen LogP contribution in [0.15, 0.2) is 66.2 Å². The molecule has 4 aromatic rings. The monoisotopic (exact) mass is 560 g/mol. The minimum absolute atomic E-state index is 0.0992. The van der Waals surface area contributed by atoms with Gasteiger partial charge in [-0.05, 0) is 60.5 Å². The van der Waals surface area contributed by atoms with E-state index in [1.165, 1.54) is 23.1 Å². The van der Waals surface area contributed by atoms with Gasteiger partial charge in [-0.25, -0.2) is 9.37 Å². The Morgan fingerprint density at radius 2 is 1.93 bits per heavy atom. The van der Waals surface area contributed by atoms with E-state index in [0.29, 0.717) is 58.4 Å². The summed E-state index contributed by atoms with van der Waals surface area (Å²) < 4.78 is 31.6. The van der Waals surface area contributed by atoms with Crippen LogP contribution in [0.2, 0.25) is 0 Å². The Morgan fingerprint density at radius 1 is 1.10 bits per heavy atom. The van der Waals surface area contributed by atoms with E-state index in [1.54, 1.807) is 42.5 Å². The molecule has 1 unspecified atom stereocenters. The lowest BCUT2D eigenvalue weighted by atomic mass is 9.95. The summed E-state index contributed by atoms with van der Waals surface area (Å²) in [6.45, 7) is 3.34. The molecule has 3 heterocycles. The number of rotatable bonds is 7. The van der Waals surface area contributed by atoms with Crippen LogP contribution in [0.1, 0.15) is 36.9 Å². The van der Waals surface area contributed by atoms with Crippen molar-refractivity contribution in [2.24, 2.45) is 0 Å². The largest absolute Gasteiger partial charge is 0.507 e. The Balaban J connectivity index is 1.50. The number of nitrogens with zero attached hydrogens (tertiary/aromatic N) is 2. The first-order chi connectivity index (χ1) is 19.4. The molecule has 1 amide bonds. The SMILES string of the molecule is CCCCOc1cccc(C2/C(=C(\O)c3ccc4c(c3)OCCO4)C(=O)C(=O)N2c2nc3ccc(F)cc3s2)c1. The summed E-state index contributed by atoms with van der Waals surface area (Å²) in [5.74, 6) is -0.966. The fraction of sp³-hybridized carbons (Fsp3) is 0.233. The maximum atomic E-state index is 13.9. The van der Waals surface area contributed by atoms with E-state index in [4.69, 9.17) is 14.2 Å². The van der Waals surface area contributed by atoms with Crippen LogP contribution in [0.5, 0.6) is 17.2 Å². The van der Waals surface area contributed by atoms with Crippen molar-refractivity contribution in [2.75, 3.05) is 24.7 Å². The number of carbonyl (C=O) groups excluding carboxylic acids is 2. The first-order valence-electron chi connectivity index (χ1n) is 12.9. The molecule has 204 valence electrons. The molecule has 1 N–H and O–H groups in total. The lowest BCUT2D eigenvalue weighted by Crippen LogP contribution is -2.29. The van der Waals surface area contributed by atoms with Crippen molar-refractivity contribution in [1.29, 1.82) is 0 Å². The van der Waals surface area contributed by atoms with Crippen LogP contribution in [0, 0.1) is 5.82 Å². The number of Topliss-reactive ketones (excluding diaryl/α,β-unsaturated/α-hetero) is 1. The topological polar surface area (TPSA) is 98.2 Å². The van der Waals surface area contributed by atoms with E-state index in [-0.39, 0.29) is 16.5 Å². The molecular formula is C30H25FN2O6S. The average Bonchev–Trinajstić information content (AvgIpc) is 3.50. The number of ether oxygens (including phenoxy) is 3. The molecule has 1 atom stereocenters. The van der Waals surface area contributed by atoms with Crippen molar-refractivity contribution in [1.82, 2.24) is 4.98 Å². The molecule has 0 spiro atoms. The number of fused-ring (bicyclic) bond motifs is 2. The van der Waals surface area contributed by atoms with Crippen LogP contribution in [0.25, 0.3) is 16.0 Å². The van der Waals surface area contributed by atoms with Crippen molar-refractivity contribution in [3.05, 3.63) is 83.2 Å². The molecule has 1 aromatic heterocycles. The molecule has 2 aliphatic rings. The molecule has 0 radical (unpaired) electrons. The highest BCUT2D eigenvalue weighted by Crippen LogP contribution is 2.45. The summed E-state index contributed by atoms with van der Waals surface area (Å²) in [5, 5.41) is 11.7. The van der Waals surface area contributed by atoms with Gasteiger partial charge in [-0.1, -0.05) is 36.8 Å². The average molecular weight is 561 g/mol. The van der Waals surface area contributed by atoms with Crippen molar-refractivity contribution in [3.8, 4) is 17.2 Å². The number of amides is 1. The maximum Gasteiger partial charge on any atom is 0.301 e. The third-order valence-electron chi connectivity index (χ3n) is 6.75. The lowest BCUT2D eigenvalue weighted by Gasteiger charge is -2.24. The number of aliphatic hydroxyl groups excluding tert-OH is 1. The van der Waals surface area contributed by atoms with Crippen molar-refractivity contribution in [2.45, 2.75) is 25.8 Å². The predicted molar refractivity (Wildman–Crippen MR) is 149 cm³/mol. The summed E-state index contributed by atoms with van der Waals surface area (Å²) in [6.07, 6.45) is 1.84. The number of carbonyl (C=O) groups is 2. The molecule has 40 heavy (non-hydrogen) atoms. The second-order valence-corrected chi connectivity index (χ2v) is 10.4. The van der Waals surface area contributed by atoms with Crippen LogP contribution < -0.4 is 19.1 Å². The maximum absolute atomic E-state index is 13.9. The number of hydrogen-bond acceptors (Lipinski definition) is 8. The Labute approximate surface area is 233 Å². The first kappa shape index (κ1) is 25.8. The number of thiazole rings is 1. The number of ketones is 1. The van der Waals surface area contributed by atoms with Gasteiger partial charge in [0.25, 0.3) is 5.78 Å². The Bertz CT molecular complexity index is 1670. The van der Waals surface area contributed by atoms with E-state index in [2.05, 4.69) is 11.9 Å². The standard InChI is InChI=1S/C30H25FN2O6S/c1-2-3-11-37-20-6-4-5-17(14-20)26-25(27(34)18-7-10-22-23(15-18)39-13-12-38-22)28(35)29(36)33(26)30-32-21-9-8-19(31)16-24(21)40-30/h4-10,14-16,26,34H,2-3,11-13H2,1H3/b27-25+. The summed E-state index contributed by atoms with van der Waals surface area (Å²) >= 11 is 1.09. The highest BCUT2D eigenvalue weighted by atomic mass is 32.1. The van der Waals surface area contributed by atoms with Gasteiger partial charge in [0, 0.05) is 5.56 Å². The van der Waals surface area contributed by atoms with Crippen LogP contribution in [0.3, 0.4) is 0 Å². The minimum Gasteiger partial charge on any atom is -0.507 e. The molecule has 3 aromatic carbocycles. The third-order valence-corrected chi connectivity index (χ3v) is 7.76. The first-order valence-corrected chi connectivity index (χ1v) is 13.8. The third kappa shape index (κ3) is 4.64. The van der Waals surface area contributed by atoms with Crippen LogP contribution in [-0.4, -0.2) is 41.6 Å². The van der Waals surface area contributed by atoms with Gasteiger partial charge in [0.15, 0.2) is 16.6 Å². The van der Waals surface area contributed by atoms with Gasteiger partial charge in [-0.3, -0.25) is 14.5 Å². The highest BCUT2D eigenvalue weighted by Gasteiger charge is 2.48. The normalized spacial score (nSPS) is 17.9. The van der Waals surface area contributed by atoms with Crippen molar-refractivity contribution < 1.29 is 33.3 Å². The zero-order chi connectivity index (χ0) is 27.8. The van der Waals surface area contributed by atoms with Crippen molar-refractivity contribution in [3.63, 3.8) is 0 Å². The second kappa shape index (κ2) is 10.6. The summed E-state index contributed by atoms with van der Waals surface area (Å²) in [6, 6.07) is 15.1. The molecule has 10 heteroatoms. The van der Waals surface area contributed by atoms with Gasteiger partial charge >= 0.3 is 5.91 Å². The quantitative estimate of drug-likeness (QED) is 0.128. The second-order valence-electron chi connectivity index (χ2n) is 9.41. The van der Waals surface area contributed by atoms with E-state index >= 15 is 0 Å². The molecule has 0 saturated carbocycles. The molecule has 0 bridgehead atoms. The van der Waals surface area contributed by atoms with Gasteiger partial charge < -0.3 is 19.3 Å². The van der Waals surface area contributed by atoms with Gasteiger partial charge in [0.1, 0.15) is 30.5 Å². The summed E-state index contributed by atoms with van der Waals surface area (Å²) in [7, 11) is 0. The number of unbranched alkanes of at least 4 members (excludes halogenated alkanes) is 1. The fourth-order valence-electron chi connectivity index (χ4n) is 4.79. The Hall–Kier alpha value is -4.44. The number of aliphatic hydroxyl groups is 1. The molecule has 0 aliphatic carbocycles. The van der Waals surface area contributed by atoms with Gasteiger partial charge in [-0.2, -0.15) is 0 Å². The Kier molecular flexibility index (Phi) is 6.85. The smallest absolute Gasteiger partial charge is 0.301 e. The number of benzene rings is 3. The minimum atomic E-state index is -1.01. The van der Waals surface area contributed by atoms with E-state index < -0.39 is 23.5 Å². The summed E-state index contributed by atoms with van der Waals surface area (Å²) in [4.78, 5) is 32.9. The Morgan fingerprint density at radius 3 is 2.75 bits per heavy atom. The van der Waals surface area contributed by atoms with E-state index in [9.17, 15) is 19.1 Å². The number of halogens is 1. The van der Waals surface area contributed by atoms with E-state index in [0.717, 1.165) is 24.2 Å². The molecule has 2 aliphatic heterocycles. The van der Waals surface area contributed by atoms with Gasteiger partial charge in [0.05, 0.1) is 28.4 Å². The summed E-state index contributed by atoms with van der Waals surface area (Å²) in [5.41, 5.74) is 1.25. The number of aromatic nitrogens is 1. The number of hydrogen-bond donors (Lipinski definition) is 1. The van der Waals surface area contributed by atoms with Gasteiger partial charge in [0.2, 0.25) is 0 Å². The number of anilines is 1. The zero-order valence-corrected chi connectivity index (χ0v) is 22.4. The molecular weight excluding hydrogens is 535 g/mol. The fourth-order valence-corrected chi connectivity index (χ4v) is 5.81. The predicted octanol–water partition coefficient (Wildman–Crippen LogP) is 6.01.